The standard InChI is InChI=1S/C10H16N2O/c1-12(2)6-5-8-7-9(11)3-4-10(8)13/h3-4,7,13H,5-6,11H2,1-2H3. The summed E-state index contributed by atoms with van der Waals surface area (Å²) >= 11 is 0. The molecule has 0 radical (unpaired) electrons. The van der Waals surface area contributed by atoms with Crippen LogP contribution in [0.3, 0.4) is 0 Å². The summed E-state index contributed by atoms with van der Waals surface area (Å²) in [5.41, 5.74) is 7.22. The topological polar surface area (TPSA) is 49.5 Å². The molecular weight excluding hydrogens is 164 g/mol. The number of anilines is 1. The van der Waals surface area contributed by atoms with Gasteiger partial charge in [0.1, 0.15) is 5.75 Å². The molecule has 0 bridgehead atoms. The number of aromatic hydroxyl groups is 1. The summed E-state index contributed by atoms with van der Waals surface area (Å²) in [5, 5.41) is 9.47. The number of likely N-dealkylation sites (N-methyl/N-ethyl adjacent to an activating group) is 1. The van der Waals surface area contributed by atoms with E-state index in [2.05, 4.69) is 4.90 Å². The Morgan fingerprint density at radius 1 is 1.38 bits per heavy atom. The Labute approximate surface area is 78.8 Å². The Balaban J connectivity index is 2.70. The fraction of sp³-hybridized carbons (Fsp3) is 0.400. The van der Waals surface area contributed by atoms with Gasteiger partial charge in [-0.2, -0.15) is 0 Å². The summed E-state index contributed by atoms with van der Waals surface area (Å²) in [7, 11) is 4.01. The number of nitrogen functional groups attached to an aromatic ring is 1. The Kier molecular flexibility index (Phi) is 3.14. The molecule has 1 aromatic rings. The number of benzene rings is 1. The van der Waals surface area contributed by atoms with Gasteiger partial charge in [0, 0.05) is 12.2 Å². The van der Waals surface area contributed by atoms with Crippen LogP contribution in [-0.2, 0) is 6.42 Å². The minimum Gasteiger partial charge on any atom is -0.508 e. The van der Waals surface area contributed by atoms with Crippen molar-refractivity contribution in [3.63, 3.8) is 0 Å². The number of phenolic OH excluding ortho intramolecular Hbond substituents is 1. The van der Waals surface area contributed by atoms with E-state index in [1.54, 1.807) is 12.1 Å². The fourth-order valence-electron chi connectivity index (χ4n) is 1.15. The van der Waals surface area contributed by atoms with Crippen molar-refractivity contribution in [3.8, 4) is 5.75 Å². The highest BCUT2D eigenvalue weighted by atomic mass is 16.3. The highest BCUT2D eigenvalue weighted by Crippen LogP contribution is 2.19. The lowest BCUT2D eigenvalue weighted by Gasteiger charge is -2.10. The van der Waals surface area contributed by atoms with Crippen LogP contribution in [0.1, 0.15) is 5.56 Å². The normalized spacial score (nSPS) is 10.7. The first-order valence-electron chi connectivity index (χ1n) is 4.31. The molecule has 0 saturated carbocycles. The zero-order valence-corrected chi connectivity index (χ0v) is 8.12. The number of hydrogen-bond acceptors (Lipinski definition) is 3. The molecule has 0 aliphatic rings. The summed E-state index contributed by atoms with van der Waals surface area (Å²) in [6.07, 6.45) is 0.823. The van der Waals surface area contributed by atoms with Gasteiger partial charge in [0.25, 0.3) is 0 Å². The quantitative estimate of drug-likeness (QED) is 0.540. The van der Waals surface area contributed by atoms with Crippen molar-refractivity contribution in [2.45, 2.75) is 6.42 Å². The number of rotatable bonds is 3. The average Bonchev–Trinajstić information content (AvgIpc) is 2.06. The van der Waals surface area contributed by atoms with E-state index < -0.39 is 0 Å². The van der Waals surface area contributed by atoms with Crippen molar-refractivity contribution in [1.82, 2.24) is 4.90 Å². The van der Waals surface area contributed by atoms with Crippen LogP contribution in [0.5, 0.6) is 5.75 Å². The largest absolute Gasteiger partial charge is 0.508 e. The Bertz CT molecular complexity index is 284. The highest BCUT2D eigenvalue weighted by molar-refractivity contribution is 5.47. The van der Waals surface area contributed by atoms with E-state index >= 15 is 0 Å². The van der Waals surface area contributed by atoms with Gasteiger partial charge in [-0.05, 0) is 44.3 Å². The summed E-state index contributed by atoms with van der Waals surface area (Å²) < 4.78 is 0. The molecule has 0 aromatic heterocycles. The SMILES string of the molecule is CN(C)CCc1cc(N)ccc1O. The van der Waals surface area contributed by atoms with Crippen molar-refractivity contribution in [2.75, 3.05) is 26.4 Å². The van der Waals surface area contributed by atoms with E-state index in [0.717, 1.165) is 18.5 Å². The Hall–Kier alpha value is -1.22. The molecule has 1 aromatic carbocycles. The molecule has 72 valence electrons. The number of nitrogens with zero attached hydrogens (tertiary/aromatic N) is 1. The fourth-order valence-corrected chi connectivity index (χ4v) is 1.15. The van der Waals surface area contributed by atoms with E-state index in [4.69, 9.17) is 5.73 Å². The minimum atomic E-state index is 0.330. The number of phenols is 1. The summed E-state index contributed by atoms with van der Waals surface area (Å²) in [4.78, 5) is 2.07. The second-order valence-corrected chi connectivity index (χ2v) is 3.44. The molecule has 0 spiro atoms. The molecule has 0 unspecified atom stereocenters. The molecule has 0 atom stereocenters. The van der Waals surface area contributed by atoms with Gasteiger partial charge in [0.2, 0.25) is 0 Å². The van der Waals surface area contributed by atoms with Crippen molar-refractivity contribution in [2.24, 2.45) is 0 Å². The zero-order valence-electron chi connectivity index (χ0n) is 8.12. The van der Waals surface area contributed by atoms with Crippen molar-refractivity contribution >= 4 is 5.69 Å². The first kappa shape index (κ1) is 9.86. The smallest absolute Gasteiger partial charge is 0.118 e. The first-order valence-corrected chi connectivity index (χ1v) is 4.31. The molecule has 0 aliphatic heterocycles. The predicted octanol–water partition coefficient (Wildman–Crippen LogP) is 1.08. The van der Waals surface area contributed by atoms with Gasteiger partial charge >= 0.3 is 0 Å². The number of nitrogens with two attached hydrogens (primary N) is 1. The van der Waals surface area contributed by atoms with E-state index in [0.29, 0.717) is 11.4 Å². The van der Waals surface area contributed by atoms with E-state index in [1.165, 1.54) is 0 Å². The van der Waals surface area contributed by atoms with E-state index in [1.807, 2.05) is 20.2 Å². The number of hydrogen-bond donors (Lipinski definition) is 2. The molecule has 3 heteroatoms. The monoisotopic (exact) mass is 180 g/mol. The van der Waals surface area contributed by atoms with Crippen LogP contribution in [0.25, 0.3) is 0 Å². The van der Waals surface area contributed by atoms with Crippen molar-refractivity contribution < 1.29 is 5.11 Å². The second-order valence-electron chi connectivity index (χ2n) is 3.44. The summed E-state index contributed by atoms with van der Waals surface area (Å²) in [5.74, 6) is 0.330. The molecule has 3 nitrogen and oxygen atoms in total. The van der Waals surface area contributed by atoms with Crippen molar-refractivity contribution in [1.29, 1.82) is 0 Å². The van der Waals surface area contributed by atoms with Crippen LogP contribution in [0.2, 0.25) is 0 Å². The molecule has 0 heterocycles. The highest BCUT2D eigenvalue weighted by Gasteiger charge is 2.01. The van der Waals surface area contributed by atoms with E-state index in [-0.39, 0.29) is 0 Å². The lowest BCUT2D eigenvalue weighted by molar-refractivity contribution is 0.406. The third kappa shape index (κ3) is 2.95. The average molecular weight is 180 g/mol. The maximum atomic E-state index is 9.47. The van der Waals surface area contributed by atoms with Crippen LogP contribution < -0.4 is 5.73 Å². The molecule has 0 fully saturated rings. The molecular formula is C10H16N2O. The molecule has 1 rings (SSSR count). The molecule has 13 heavy (non-hydrogen) atoms. The maximum Gasteiger partial charge on any atom is 0.118 e. The van der Waals surface area contributed by atoms with Gasteiger partial charge in [-0.25, -0.2) is 0 Å². The van der Waals surface area contributed by atoms with Gasteiger partial charge in [0.15, 0.2) is 0 Å². The van der Waals surface area contributed by atoms with Gasteiger partial charge in [-0.3, -0.25) is 0 Å². The van der Waals surface area contributed by atoms with Crippen LogP contribution in [-0.4, -0.2) is 30.6 Å². The van der Waals surface area contributed by atoms with Crippen LogP contribution in [0.4, 0.5) is 5.69 Å². The third-order valence-electron chi connectivity index (χ3n) is 1.93. The first-order chi connectivity index (χ1) is 6.09. The van der Waals surface area contributed by atoms with Gasteiger partial charge in [-0.1, -0.05) is 0 Å². The lowest BCUT2D eigenvalue weighted by Crippen LogP contribution is -2.15. The zero-order chi connectivity index (χ0) is 9.84. The molecule has 3 N–H and O–H groups in total. The third-order valence-corrected chi connectivity index (χ3v) is 1.93. The van der Waals surface area contributed by atoms with Crippen LogP contribution in [0.15, 0.2) is 18.2 Å². The lowest BCUT2D eigenvalue weighted by atomic mass is 10.1. The Morgan fingerprint density at radius 2 is 2.08 bits per heavy atom. The van der Waals surface area contributed by atoms with Crippen LogP contribution >= 0.6 is 0 Å². The van der Waals surface area contributed by atoms with Crippen molar-refractivity contribution in [3.05, 3.63) is 23.8 Å². The maximum absolute atomic E-state index is 9.47. The van der Waals surface area contributed by atoms with Gasteiger partial charge in [-0.15, -0.1) is 0 Å². The van der Waals surface area contributed by atoms with E-state index in [9.17, 15) is 5.11 Å². The van der Waals surface area contributed by atoms with Crippen LogP contribution in [0, 0.1) is 0 Å². The molecule has 0 saturated heterocycles. The summed E-state index contributed by atoms with van der Waals surface area (Å²) in [6, 6.07) is 5.16. The second kappa shape index (κ2) is 4.14. The predicted molar refractivity (Wildman–Crippen MR) is 54.8 cm³/mol. The van der Waals surface area contributed by atoms with Gasteiger partial charge in [0.05, 0.1) is 0 Å². The van der Waals surface area contributed by atoms with Gasteiger partial charge < -0.3 is 15.7 Å². The molecule has 0 aliphatic carbocycles. The summed E-state index contributed by atoms with van der Waals surface area (Å²) in [6.45, 7) is 0.914. The Morgan fingerprint density at radius 3 is 2.69 bits per heavy atom. The minimum absolute atomic E-state index is 0.330. The molecule has 0 amide bonds.